The highest BCUT2D eigenvalue weighted by molar-refractivity contribution is 7.25. The Morgan fingerprint density at radius 1 is 0.367 bits per heavy atom. The van der Waals surface area contributed by atoms with Crippen LogP contribution in [0.25, 0.3) is 69.6 Å². The zero-order valence-corrected chi connectivity index (χ0v) is 27.4. The Labute approximate surface area is 288 Å². The maximum atomic E-state index is 2.40. The van der Waals surface area contributed by atoms with Crippen LogP contribution in [0.3, 0.4) is 0 Å². The van der Waals surface area contributed by atoms with Crippen molar-refractivity contribution >= 4 is 81.1 Å². The van der Waals surface area contributed by atoms with Gasteiger partial charge in [0.15, 0.2) is 0 Å². The zero-order valence-electron chi connectivity index (χ0n) is 26.6. The Bertz CT molecular complexity index is 2830. The summed E-state index contributed by atoms with van der Waals surface area (Å²) < 4.78 is 5.03. The fraction of sp³-hybridized carbons (Fsp3) is 0. The number of nitrogens with zero attached hydrogens (tertiary/aromatic N) is 2. The molecule has 0 saturated carbocycles. The highest BCUT2D eigenvalue weighted by atomic mass is 32.1. The average molecular weight is 643 g/mol. The lowest BCUT2D eigenvalue weighted by atomic mass is 10.0. The van der Waals surface area contributed by atoms with Crippen LogP contribution in [0, 0.1) is 0 Å². The van der Waals surface area contributed by atoms with Crippen LogP contribution in [-0.2, 0) is 0 Å². The number of para-hydroxylation sites is 2. The van der Waals surface area contributed by atoms with Gasteiger partial charge in [0.05, 0.1) is 11.0 Å². The minimum atomic E-state index is 1.13. The van der Waals surface area contributed by atoms with Gasteiger partial charge in [0, 0.05) is 53.7 Å². The summed E-state index contributed by atoms with van der Waals surface area (Å²) in [5.74, 6) is 0. The maximum Gasteiger partial charge on any atom is 0.0541 e. The van der Waals surface area contributed by atoms with Crippen LogP contribution in [0.1, 0.15) is 0 Å². The molecule has 0 spiro atoms. The quantitative estimate of drug-likeness (QED) is 0.181. The molecule has 0 amide bonds. The second kappa shape index (κ2) is 11.2. The lowest BCUT2D eigenvalue weighted by Gasteiger charge is -2.26. The number of hydrogen-bond donors (Lipinski definition) is 0. The van der Waals surface area contributed by atoms with Gasteiger partial charge in [-0.25, -0.2) is 0 Å². The molecule has 2 aromatic heterocycles. The molecule has 0 fully saturated rings. The van der Waals surface area contributed by atoms with Gasteiger partial charge < -0.3 is 9.47 Å². The summed E-state index contributed by atoms with van der Waals surface area (Å²) in [5, 5.41) is 7.63. The largest absolute Gasteiger partial charge is 0.310 e. The highest BCUT2D eigenvalue weighted by Crippen LogP contribution is 2.41. The van der Waals surface area contributed by atoms with E-state index < -0.39 is 0 Å². The fourth-order valence-corrected chi connectivity index (χ4v) is 8.51. The Hall–Kier alpha value is -6.16. The molecular formula is C46H30N2S. The number of fused-ring (bicyclic) bond motifs is 7. The molecule has 0 unspecified atom stereocenters. The molecule has 0 N–H and O–H groups in total. The minimum Gasteiger partial charge on any atom is -0.310 e. The van der Waals surface area contributed by atoms with Crippen LogP contribution in [-0.4, -0.2) is 4.57 Å². The number of thiophene rings is 1. The van der Waals surface area contributed by atoms with Gasteiger partial charge in [0.2, 0.25) is 0 Å². The minimum absolute atomic E-state index is 1.13. The van der Waals surface area contributed by atoms with Crippen molar-refractivity contribution in [3.63, 3.8) is 0 Å². The van der Waals surface area contributed by atoms with Gasteiger partial charge in [-0.05, 0) is 101 Å². The lowest BCUT2D eigenvalue weighted by Crippen LogP contribution is -2.09. The summed E-state index contributed by atoms with van der Waals surface area (Å²) in [6.45, 7) is 0. The van der Waals surface area contributed by atoms with Gasteiger partial charge in [-0.15, -0.1) is 11.3 Å². The van der Waals surface area contributed by atoms with Crippen molar-refractivity contribution in [2.24, 2.45) is 0 Å². The molecule has 0 radical (unpaired) electrons. The van der Waals surface area contributed by atoms with Gasteiger partial charge >= 0.3 is 0 Å². The van der Waals surface area contributed by atoms with E-state index in [0.717, 1.165) is 17.1 Å². The van der Waals surface area contributed by atoms with Crippen LogP contribution in [0.5, 0.6) is 0 Å². The number of hydrogen-bond acceptors (Lipinski definition) is 2. The van der Waals surface area contributed by atoms with E-state index in [2.05, 4.69) is 191 Å². The molecule has 8 aromatic carbocycles. The SMILES string of the molecule is c1ccc(N(c2ccc(-c3ccc4c(c3)c3ccccc3n4-c3ccc4ccccc4c3)cc2)c2ccc3sc4ccccc4c3c2)cc1. The first-order chi connectivity index (χ1) is 24.3. The Morgan fingerprint density at radius 2 is 1.02 bits per heavy atom. The molecule has 230 valence electrons. The second-order valence-electron chi connectivity index (χ2n) is 12.6. The van der Waals surface area contributed by atoms with Crippen molar-refractivity contribution in [3.05, 3.63) is 182 Å². The van der Waals surface area contributed by atoms with E-state index in [1.165, 1.54) is 69.6 Å². The van der Waals surface area contributed by atoms with E-state index in [-0.39, 0.29) is 0 Å². The molecule has 10 aromatic rings. The highest BCUT2D eigenvalue weighted by Gasteiger charge is 2.16. The molecule has 0 atom stereocenters. The van der Waals surface area contributed by atoms with Crippen molar-refractivity contribution in [2.45, 2.75) is 0 Å². The van der Waals surface area contributed by atoms with E-state index in [9.17, 15) is 0 Å². The normalized spacial score (nSPS) is 11.7. The van der Waals surface area contributed by atoms with Crippen molar-refractivity contribution in [1.29, 1.82) is 0 Å². The van der Waals surface area contributed by atoms with Crippen LogP contribution < -0.4 is 4.90 Å². The Morgan fingerprint density at radius 3 is 1.90 bits per heavy atom. The van der Waals surface area contributed by atoms with Crippen molar-refractivity contribution in [3.8, 4) is 16.8 Å². The first kappa shape index (κ1) is 27.9. The molecule has 0 aliphatic heterocycles. The number of anilines is 3. The predicted molar refractivity (Wildman–Crippen MR) is 211 cm³/mol. The van der Waals surface area contributed by atoms with Crippen LogP contribution >= 0.6 is 11.3 Å². The fourth-order valence-electron chi connectivity index (χ4n) is 7.43. The average Bonchev–Trinajstić information content (AvgIpc) is 3.71. The molecule has 49 heavy (non-hydrogen) atoms. The third kappa shape index (κ3) is 4.62. The van der Waals surface area contributed by atoms with Crippen LogP contribution in [0.4, 0.5) is 17.1 Å². The third-order valence-corrected chi connectivity index (χ3v) is 10.9. The van der Waals surface area contributed by atoms with Gasteiger partial charge in [-0.2, -0.15) is 0 Å². The predicted octanol–water partition coefficient (Wildman–Crippen LogP) is 13.4. The summed E-state index contributed by atoms with van der Waals surface area (Å²) in [7, 11) is 0. The molecule has 10 rings (SSSR count). The molecular weight excluding hydrogens is 613 g/mol. The van der Waals surface area contributed by atoms with E-state index in [1.54, 1.807) is 0 Å². The molecule has 2 heterocycles. The Balaban J connectivity index is 1.07. The molecule has 0 aliphatic rings. The van der Waals surface area contributed by atoms with Crippen LogP contribution in [0.2, 0.25) is 0 Å². The van der Waals surface area contributed by atoms with Gasteiger partial charge in [-0.3, -0.25) is 0 Å². The summed E-state index contributed by atoms with van der Waals surface area (Å²) >= 11 is 1.85. The van der Waals surface area contributed by atoms with Gasteiger partial charge in [0.1, 0.15) is 0 Å². The smallest absolute Gasteiger partial charge is 0.0541 e. The molecule has 2 nitrogen and oxygen atoms in total. The molecule has 0 bridgehead atoms. The third-order valence-electron chi connectivity index (χ3n) is 9.76. The van der Waals surface area contributed by atoms with Crippen molar-refractivity contribution < 1.29 is 0 Å². The van der Waals surface area contributed by atoms with E-state index in [0.29, 0.717) is 0 Å². The number of benzene rings is 8. The molecule has 0 aliphatic carbocycles. The number of rotatable bonds is 5. The van der Waals surface area contributed by atoms with Crippen molar-refractivity contribution in [2.75, 3.05) is 4.90 Å². The second-order valence-corrected chi connectivity index (χ2v) is 13.7. The van der Waals surface area contributed by atoms with Gasteiger partial charge in [-0.1, -0.05) is 103 Å². The standard InChI is InChI=1S/C46H30N2S/c1-2-12-35(13-3-1)47(38-25-27-46-42(30-38)40-15-7-9-17-45(40)49-46)36-22-18-32(19-23-36)34-21-26-44-41(29-34)39-14-6-8-16-43(39)48(44)37-24-20-31-10-4-5-11-33(31)28-37/h1-30H. The zero-order chi connectivity index (χ0) is 32.3. The lowest BCUT2D eigenvalue weighted by molar-refractivity contribution is 1.19. The van der Waals surface area contributed by atoms with Crippen molar-refractivity contribution in [1.82, 2.24) is 4.57 Å². The molecule has 3 heteroatoms. The summed E-state index contributed by atoms with van der Waals surface area (Å²) in [4.78, 5) is 2.36. The Kier molecular flexibility index (Phi) is 6.39. The molecule has 0 saturated heterocycles. The van der Waals surface area contributed by atoms with E-state index in [1.807, 2.05) is 11.3 Å². The first-order valence-corrected chi connectivity index (χ1v) is 17.5. The summed E-state index contributed by atoms with van der Waals surface area (Å²) in [6.07, 6.45) is 0. The summed E-state index contributed by atoms with van der Waals surface area (Å²) in [5.41, 5.74) is 9.42. The number of aromatic nitrogens is 1. The van der Waals surface area contributed by atoms with E-state index >= 15 is 0 Å². The van der Waals surface area contributed by atoms with Gasteiger partial charge in [0.25, 0.3) is 0 Å². The summed E-state index contributed by atoms with van der Waals surface area (Å²) in [6, 6.07) is 66.2. The maximum absolute atomic E-state index is 2.40. The topological polar surface area (TPSA) is 8.17 Å². The monoisotopic (exact) mass is 642 g/mol. The van der Waals surface area contributed by atoms with E-state index in [4.69, 9.17) is 0 Å². The first-order valence-electron chi connectivity index (χ1n) is 16.7. The van der Waals surface area contributed by atoms with Crippen LogP contribution in [0.15, 0.2) is 182 Å².